The van der Waals surface area contributed by atoms with Crippen LogP contribution in [0.15, 0.2) is 48.5 Å². The first-order valence-electron chi connectivity index (χ1n) is 9.21. The van der Waals surface area contributed by atoms with E-state index in [1.807, 2.05) is 12.1 Å². The zero-order valence-electron chi connectivity index (χ0n) is 16.5. The second-order valence-electron chi connectivity index (χ2n) is 6.66. The van der Waals surface area contributed by atoms with Crippen LogP contribution in [-0.4, -0.2) is 60.5 Å². The van der Waals surface area contributed by atoms with Crippen molar-refractivity contribution in [3.05, 3.63) is 48.5 Å². The molecular formula is C20H25N3O5S. The summed E-state index contributed by atoms with van der Waals surface area (Å²) >= 11 is 0. The fraction of sp³-hybridized carbons (Fsp3) is 0.350. The maximum atomic E-state index is 12.5. The molecule has 1 saturated heterocycles. The van der Waals surface area contributed by atoms with Crippen molar-refractivity contribution in [1.82, 2.24) is 0 Å². The molecule has 2 aromatic rings. The van der Waals surface area contributed by atoms with Crippen LogP contribution in [0.1, 0.15) is 0 Å². The highest BCUT2D eigenvalue weighted by molar-refractivity contribution is 7.92. The van der Waals surface area contributed by atoms with Crippen molar-refractivity contribution in [1.29, 1.82) is 0 Å². The third-order valence-electron chi connectivity index (χ3n) is 4.58. The SMILES string of the molecule is COc1ccc(N(CC(=O)Nc2ccc(N3CCOCC3)cc2)S(C)(=O)=O)cc1. The van der Waals surface area contributed by atoms with Gasteiger partial charge in [0.2, 0.25) is 15.9 Å². The number of anilines is 3. The second-order valence-corrected chi connectivity index (χ2v) is 8.57. The molecule has 0 unspecified atom stereocenters. The first-order valence-corrected chi connectivity index (χ1v) is 11.1. The lowest BCUT2D eigenvalue weighted by Crippen LogP contribution is -2.37. The number of hydrogen-bond acceptors (Lipinski definition) is 6. The molecule has 1 N–H and O–H groups in total. The molecule has 1 heterocycles. The summed E-state index contributed by atoms with van der Waals surface area (Å²) in [6.45, 7) is 2.74. The Morgan fingerprint density at radius 3 is 2.28 bits per heavy atom. The number of morpholine rings is 1. The molecule has 0 radical (unpaired) electrons. The number of benzene rings is 2. The fourth-order valence-electron chi connectivity index (χ4n) is 3.06. The van der Waals surface area contributed by atoms with E-state index in [4.69, 9.17) is 9.47 Å². The molecule has 3 rings (SSSR count). The van der Waals surface area contributed by atoms with Crippen molar-refractivity contribution >= 4 is 33.0 Å². The van der Waals surface area contributed by atoms with Crippen LogP contribution in [0.3, 0.4) is 0 Å². The molecule has 0 atom stereocenters. The Labute approximate surface area is 171 Å². The summed E-state index contributed by atoms with van der Waals surface area (Å²) < 4.78 is 35.9. The molecule has 0 bridgehead atoms. The Bertz CT molecular complexity index is 924. The molecule has 0 saturated carbocycles. The lowest BCUT2D eigenvalue weighted by atomic mass is 10.2. The number of nitrogens with zero attached hydrogens (tertiary/aromatic N) is 2. The van der Waals surface area contributed by atoms with Gasteiger partial charge in [-0.1, -0.05) is 0 Å². The molecule has 2 aromatic carbocycles. The van der Waals surface area contributed by atoms with Gasteiger partial charge in [0.25, 0.3) is 0 Å². The predicted molar refractivity (Wildman–Crippen MR) is 113 cm³/mol. The molecule has 0 aromatic heterocycles. The van der Waals surface area contributed by atoms with Gasteiger partial charge in [-0.25, -0.2) is 8.42 Å². The van der Waals surface area contributed by atoms with E-state index in [0.29, 0.717) is 30.3 Å². The van der Waals surface area contributed by atoms with E-state index >= 15 is 0 Å². The molecule has 1 amide bonds. The van der Waals surface area contributed by atoms with Crippen LogP contribution in [0.4, 0.5) is 17.1 Å². The van der Waals surface area contributed by atoms with E-state index in [2.05, 4.69) is 10.2 Å². The van der Waals surface area contributed by atoms with Gasteiger partial charge >= 0.3 is 0 Å². The maximum absolute atomic E-state index is 12.5. The number of sulfonamides is 1. The zero-order valence-corrected chi connectivity index (χ0v) is 17.3. The summed E-state index contributed by atoms with van der Waals surface area (Å²) in [7, 11) is -2.10. The molecular weight excluding hydrogens is 394 g/mol. The summed E-state index contributed by atoms with van der Waals surface area (Å²) in [5, 5.41) is 2.75. The Morgan fingerprint density at radius 2 is 1.72 bits per heavy atom. The minimum absolute atomic E-state index is 0.323. The Kier molecular flexibility index (Phi) is 6.60. The highest BCUT2D eigenvalue weighted by atomic mass is 32.2. The van der Waals surface area contributed by atoms with Gasteiger partial charge in [-0.15, -0.1) is 0 Å². The minimum atomic E-state index is -3.63. The van der Waals surface area contributed by atoms with Crippen LogP contribution in [-0.2, 0) is 19.6 Å². The second kappa shape index (κ2) is 9.15. The average molecular weight is 420 g/mol. The maximum Gasteiger partial charge on any atom is 0.245 e. The molecule has 1 aliphatic rings. The number of carbonyl (C=O) groups excluding carboxylic acids is 1. The van der Waals surface area contributed by atoms with Crippen LogP contribution in [0.25, 0.3) is 0 Å². The van der Waals surface area contributed by atoms with Crippen molar-refractivity contribution in [2.75, 3.05) is 60.7 Å². The van der Waals surface area contributed by atoms with Gasteiger partial charge in [0.15, 0.2) is 0 Å². The van der Waals surface area contributed by atoms with E-state index in [1.165, 1.54) is 7.11 Å². The van der Waals surface area contributed by atoms with Crippen LogP contribution in [0.2, 0.25) is 0 Å². The van der Waals surface area contributed by atoms with Gasteiger partial charge < -0.3 is 19.7 Å². The van der Waals surface area contributed by atoms with Crippen LogP contribution >= 0.6 is 0 Å². The van der Waals surface area contributed by atoms with Crippen LogP contribution in [0.5, 0.6) is 5.75 Å². The molecule has 0 spiro atoms. The number of carbonyl (C=O) groups is 1. The molecule has 156 valence electrons. The number of methoxy groups -OCH3 is 1. The fourth-order valence-corrected chi connectivity index (χ4v) is 3.91. The van der Waals surface area contributed by atoms with E-state index in [1.54, 1.807) is 36.4 Å². The molecule has 1 fully saturated rings. The van der Waals surface area contributed by atoms with Gasteiger partial charge in [-0.05, 0) is 48.5 Å². The molecule has 1 aliphatic heterocycles. The van der Waals surface area contributed by atoms with Gasteiger partial charge in [0, 0.05) is 24.5 Å². The van der Waals surface area contributed by atoms with E-state index < -0.39 is 15.9 Å². The summed E-state index contributed by atoms with van der Waals surface area (Å²) in [6, 6.07) is 14.0. The largest absolute Gasteiger partial charge is 0.497 e. The molecule has 29 heavy (non-hydrogen) atoms. The highest BCUT2D eigenvalue weighted by Crippen LogP contribution is 2.22. The van der Waals surface area contributed by atoms with Crippen molar-refractivity contribution < 1.29 is 22.7 Å². The number of ether oxygens (including phenoxy) is 2. The first kappa shape index (κ1) is 20.9. The Hall–Kier alpha value is -2.78. The number of nitrogens with one attached hydrogen (secondary N) is 1. The van der Waals surface area contributed by atoms with Crippen molar-refractivity contribution in [2.24, 2.45) is 0 Å². The number of rotatable bonds is 7. The molecule has 0 aliphatic carbocycles. The van der Waals surface area contributed by atoms with E-state index in [-0.39, 0.29) is 6.54 Å². The van der Waals surface area contributed by atoms with E-state index in [9.17, 15) is 13.2 Å². The third-order valence-corrected chi connectivity index (χ3v) is 5.72. The van der Waals surface area contributed by atoms with Crippen molar-refractivity contribution in [3.63, 3.8) is 0 Å². The van der Waals surface area contributed by atoms with Gasteiger partial charge in [-0.2, -0.15) is 0 Å². The van der Waals surface area contributed by atoms with Gasteiger partial charge in [0.05, 0.1) is 32.3 Å². The zero-order chi connectivity index (χ0) is 20.9. The van der Waals surface area contributed by atoms with E-state index in [0.717, 1.165) is 29.3 Å². The normalized spacial score (nSPS) is 14.3. The smallest absolute Gasteiger partial charge is 0.245 e. The molecule has 9 heteroatoms. The lowest BCUT2D eigenvalue weighted by Gasteiger charge is -2.29. The quantitative estimate of drug-likeness (QED) is 0.738. The number of amides is 1. The number of hydrogen-bond donors (Lipinski definition) is 1. The predicted octanol–water partition coefficient (Wildman–Crippen LogP) is 1.94. The Balaban J connectivity index is 1.66. The summed E-state index contributed by atoms with van der Waals surface area (Å²) in [5.41, 5.74) is 2.06. The minimum Gasteiger partial charge on any atom is -0.497 e. The standard InChI is InChI=1S/C20H25N3O5S/c1-27-19-9-7-18(8-10-19)23(29(2,25)26)15-20(24)21-16-3-5-17(6-4-16)22-11-13-28-14-12-22/h3-10H,11-15H2,1-2H3,(H,21,24). The van der Waals surface area contributed by atoms with Gasteiger partial charge in [0.1, 0.15) is 12.3 Å². The van der Waals surface area contributed by atoms with Crippen molar-refractivity contribution in [2.45, 2.75) is 0 Å². The van der Waals surface area contributed by atoms with Gasteiger partial charge in [-0.3, -0.25) is 9.10 Å². The topological polar surface area (TPSA) is 88.2 Å². The average Bonchev–Trinajstić information content (AvgIpc) is 2.72. The van der Waals surface area contributed by atoms with Crippen LogP contribution in [0, 0.1) is 0 Å². The summed E-state index contributed by atoms with van der Waals surface area (Å²) in [4.78, 5) is 14.7. The molecule has 8 nitrogen and oxygen atoms in total. The summed E-state index contributed by atoms with van der Waals surface area (Å²) in [6.07, 6.45) is 1.07. The van der Waals surface area contributed by atoms with Crippen LogP contribution < -0.4 is 19.3 Å². The highest BCUT2D eigenvalue weighted by Gasteiger charge is 2.21. The summed E-state index contributed by atoms with van der Waals surface area (Å²) in [5.74, 6) is 0.178. The Morgan fingerprint density at radius 1 is 1.10 bits per heavy atom. The third kappa shape index (κ3) is 5.61. The first-order chi connectivity index (χ1) is 13.9. The monoisotopic (exact) mass is 419 g/mol. The van der Waals surface area contributed by atoms with Crippen molar-refractivity contribution in [3.8, 4) is 5.75 Å². The lowest BCUT2D eigenvalue weighted by molar-refractivity contribution is -0.114.